The smallest absolute Gasteiger partial charge is 0.272 e. The molecule has 0 bridgehead atoms. The molecule has 2 aromatic carbocycles. The van der Waals surface area contributed by atoms with Gasteiger partial charge in [0.2, 0.25) is 0 Å². The molecule has 0 saturated carbocycles. The molecular weight excluding hydrogens is 334 g/mol. The van der Waals surface area contributed by atoms with E-state index in [0.29, 0.717) is 5.69 Å². The number of aryl methyl sites for hydroxylation is 2. The maximum Gasteiger partial charge on any atom is 0.272 e. The van der Waals surface area contributed by atoms with E-state index in [-0.39, 0.29) is 5.91 Å². The van der Waals surface area contributed by atoms with Crippen LogP contribution in [0.3, 0.4) is 0 Å². The van der Waals surface area contributed by atoms with E-state index in [0.717, 1.165) is 42.9 Å². The number of carbonyl (C=O) groups is 1. The van der Waals surface area contributed by atoms with Crippen LogP contribution in [0.4, 0.5) is 0 Å². The molecule has 1 aromatic heterocycles. The second-order valence-electron chi connectivity index (χ2n) is 7.31. The van der Waals surface area contributed by atoms with Crippen LogP contribution in [-0.2, 0) is 0 Å². The number of rotatable bonds is 3. The molecule has 138 valence electrons. The fourth-order valence-electron chi connectivity index (χ4n) is 3.60. The standard InChI is InChI=1S/C23H25N3O/c1-17-11-12-19(15-18(17)2)21-16-22(23(27)25-13-7-4-8-14-25)26(24-21)20-9-5-3-6-10-20/h3,5-6,9-12,15-16H,4,7-8,13-14H2,1-2H3. The molecule has 1 aliphatic rings. The summed E-state index contributed by atoms with van der Waals surface area (Å²) >= 11 is 0. The van der Waals surface area contributed by atoms with E-state index in [1.54, 1.807) is 4.68 Å². The Labute approximate surface area is 160 Å². The van der Waals surface area contributed by atoms with E-state index in [1.165, 1.54) is 17.5 Å². The van der Waals surface area contributed by atoms with Crippen LogP contribution in [0.5, 0.6) is 0 Å². The van der Waals surface area contributed by atoms with Gasteiger partial charge in [0.05, 0.1) is 11.4 Å². The van der Waals surface area contributed by atoms with Gasteiger partial charge in [-0.25, -0.2) is 4.68 Å². The first-order valence-corrected chi connectivity index (χ1v) is 9.66. The third-order valence-corrected chi connectivity index (χ3v) is 5.38. The van der Waals surface area contributed by atoms with Crippen LogP contribution in [0.2, 0.25) is 0 Å². The Bertz CT molecular complexity index is 953. The number of hydrogen-bond acceptors (Lipinski definition) is 2. The minimum absolute atomic E-state index is 0.0705. The third-order valence-electron chi connectivity index (χ3n) is 5.38. The number of aromatic nitrogens is 2. The highest BCUT2D eigenvalue weighted by atomic mass is 16.2. The van der Waals surface area contributed by atoms with Gasteiger partial charge in [-0.3, -0.25) is 4.79 Å². The molecule has 0 atom stereocenters. The van der Waals surface area contributed by atoms with Gasteiger partial charge in [-0.15, -0.1) is 0 Å². The van der Waals surface area contributed by atoms with Crippen molar-refractivity contribution in [2.75, 3.05) is 13.1 Å². The Hall–Kier alpha value is -2.88. The van der Waals surface area contributed by atoms with Gasteiger partial charge in [0.25, 0.3) is 5.91 Å². The van der Waals surface area contributed by atoms with Gasteiger partial charge < -0.3 is 4.90 Å². The molecule has 1 saturated heterocycles. The highest BCUT2D eigenvalue weighted by Crippen LogP contribution is 2.25. The number of likely N-dealkylation sites (tertiary alicyclic amines) is 1. The van der Waals surface area contributed by atoms with Crippen molar-refractivity contribution in [1.82, 2.24) is 14.7 Å². The number of piperidine rings is 1. The van der Waals surface area contributed by atoms with Gasteiger partial charge in [0, 0.05) is 18.7 Å². The minimum atomic E-state index is 0.0705. The van der Waals surface area contributed by atoms with Gasteiger partial charge in [-0.1, -0.05) is 30.3 Å². The molecular formula is C23H25N3O. The van der Waals surface area contributed by atoms with Crippen molar-refractivity contribution < 1.29 is 4.79 Å². The van der Waals surface area contributed by atoms with E-state index in [1.807, 2.05) is 41.3 Å². The summed E-state index contributed by atoms with van der Waals surface area (Å²) in [6, 6.07) is 18.2. The van der Waals surface area contributed by atoms with E-state index < -0.39 is 0 Å². The largest absolute Gasteiger partial charge is 0.337 e. The maximum absolute atomic E-state index is 13.2. The molecule has 1 amide bonds. The van der Waals surface area contributed by atoms with Gasteiger partial charge >= 0.3 is 0 Å². The number of nitrogens with zero attached hydrogens (tertiary/aromatic N) is 3. The fraction of sp³-hybridized carbons (Fsp3) is 0.304. The summed E-state index contributed by atoms with van der Waals surface area (Å²) in [6.07, 6.45) is 3.36. The van der Waals surface area contributed by atoms with Crippen molar-refractivity contribution in [1.29, 1.82) is 0 Å². The quantitative estimate of drug-likeness (QED) is 0.675. The summed E-state index contributed by atoms with van der Waals surface area (Å²) in [5, 5.41) is 4.81. The Morgan fingerprint density at radius 2 is 1.63 bits per heavy atom. The van der Waals surface area contributed by atoms with Crippen molar-refractivity contribution in [3.63, 3.8) is 0 Å². The molecule has 0 spiro atoms. The number of hydrogen-bond donors (Lipinski definition) is 0. The number of carbonyl (C=O) groups excluding carboxylic acids is 1. The summed E-state index contributed by atoms with van der Waals surface area (Å²) < 4.78 is 1.79. The molecule has 2 heterocycles. The zero-order valence-corrected chi connectivity index (χ0v) is 16.0. The molecule has 0 aliphatic carbocycles. The van der Waals surface area contributed by atoms with Gasteiger partial charge in [0.1, 0.15) is 5.69 Å². The molecule has 1 aliphatic heterocycles. The normalized spacial score (nSPS) is 14.4. The Morgan fingerprint density at radius 3 is 2.33 bits per heavy atom. The van der Waals surface area contributed by atoms with E-state index >= 15 is 0 Å². The van der Waals surface area contributed by atoms with Crippen molar-refractivity contribution in [3.05, 3.63) is 71.4 Å². The van der Waals surface area contributed by atoms with Crippen molar-refractivity contribution in [3.8, 4) is 16.9 Å². The summed E-state index contributed by atoms with van der Waals surface area (Å²) in [5.41, 5.74) is 5.91. The highest BCUT2D eigenvalue weighted by Gasteiger charge is 2.24. The van der Waals surface area contributed by atoms with E-state index in [2.05, 4.69) is 32.0 Å². The lowest BCUT2D eigenvalue weighted by Gasteiger charge is -2.26. The summed E-state index contributed by atoms with van der Waals surface area (Å²) in [5.74, 6) is 0.0705. The molecule has 0 unspecified atom stereocenters. The molecule has 0 N–H and O–H groups in total. The zero-order chi connectivity index (χ0) is 18.8. The minimum Gasteiger partial charge on any atom is -0.337 e. The third kappa shape index (κ3) is 3.52. The molecule has 27 heavy (non-hydrogen) atoms. The number of benzene rings is 2. The first-order chi connectivity index (χ1) is 13.1. The Kier molecular flexibility index (Phi) is 4.80. The highest BCUT2D eigenvalue weighted by molar-refractivity contribution is 5.94. The van der Waals surface area contributed by atoms with Crippen molar-refractivity contribution in [2.24, 2.45) is 0 Å². The molecule has 4 rings (SSSR count). The number of amides is 1. The second-order valence-corrected chi connectivity index (χ2v) is 7.31. The average molecular weight is 359 g/mol. The van der Waals surface area contributed by atoms with Gasteiger partial charge in [-0.2, -0.15) is 5.10 Å². The van der Waals surface area contributed by atoms with Crippen LogP contribution in [0.15, 0.2) is 54.6 Å². The van der Waals surface area contributed by atoms with Crippen molar-refractivity contribution in [2.45, 2.75) is 33.1 Å². The molecule has 1 fully saturated rings. The lowest BCUT2D eigenvalue weighted by molar-refractivity contribution is 0.0715. The predicted molar refractivity (Wildman–Crippen MR) is 108 cm³/mol. The lowest BCUT2D eigenvalue weighted by atomic mass is 10.0. The van der Waals surface area contributed by atoms with Crippen LogP contribution < -0.4 is 0 Å². The van der Waals surface area contributed by atoms with Crippen LogP contribution in [-0.4, -0.2) is 33.7 Å². The first kappa shape index (κ1) is 17.5. The summed E-state index contributed by atoms with van der Waals surface area (Å²) in [6.45, 7) is 5.87. The second kappa shape index (κ2) is 7.39. The molecule has 4 heteroatoms. The van der Waals surface area contributed by atoms with Crippen molar-refractivity contribution >= 4 is 5.91 Å². The zero-order valence-electron chi connectivity index (χ0n) is 16.0. The van der Waals surface area contributed by atoms with Crippen LogP contribution in [0, 0.1) is 13.8 Å². The SMILES string of the molecule is Cc1ccc(-c2cc(C(=O)N3CCCCC3)n(-c3ccccc3)n2)cc1C. The number of para-hydroxylation sites is 1. The van der Waals surface area contributed by atoms with Crippen LogP contribution in [0.25, 0.3) is 16.9 Å². The van der Waals surface area contributed by atoms with Gasteiger partial charge in [-0.05, 0) is 68.5 Å². The molecule has 4 nitrogen and oxygen atoms in total. The summed E-state index contributed by atoms with van der Waals surface area (Å²) in [4.78, 5) is 15.2. The van der Waals surface area contributed by atoms with Gasteiger partial charge in [0.15, 0.2) is 0 Å². The van der Waals surface area contributed by atoms with E-state index in [9.17, 15) is 4.79 Å². The Balaban J connectivity index is 1.79. The molecule has 0 radical (unpaired) electrons. The molecule has 3 aromatic rings. The van der Waals surface area contributed by atoms with Crippen LogP contribution in [0.1, 0.15) is 40.9 Å². The van der Waals surface area contributed by atoms with E-state index in [4.69, 9.17) is 5.10 Å². The fourth-order valence-corrected chi connectivity index (χ4v) is 3.60. The topological polar surface area (TPSA) is 38.1 Å². The monoisotopic (exact) mass is 359 g/mol. The summed E-state index contributed by atoms with van der Waals surface area (Å²) in [7, 11) is 0. The predicted octanol–water partition coefficient (Wildman–Crippen LogP) is 4.78. The maximum atomic E-state index is 13.2. The Morgan fingerprint density at radius 1 is 0.889 bits per heavy atom. The average Bonchev–Trinajstić information content (AvgIpc) is 3.16. The first-order valence-electron chi connectivity index (χ1n) is 9.66. The lowest BCUT2D eigenvalue weighted by Crippen LogP contribution is -2.36. The van der Waals surface area contributed by atoms with Crippen LogP contribution >= 0.6 is 0 Å².